The first-order valence-corrected chi connectivity index (χ1v) is 26.1. The Morgan fingerprint density at radius 3 is 2.24 bits per heavy atom. The van der Waals surface area contributed by atoms with Crippen molar-refractivity contribution in [3.8, 4) is 34.8 Å². The van der Waals surface area contributed by atoms with Crippen molar-refractivity contribution in [2.75, 3.05) is 25.0 Å². The average Bonchev–Trinajstić information content (AvgIpc) is 3.67. The van der Waals surface area contributed by atoms with Crippen LogP contribution in [-0.4, -0.2) is 70.8 Å². The number of aromatic nitrogens is 4. The van der Waals surface area contributed by atoms with Crippen molar-refractivity contribution in [3.63, 3.8) is 0 Å². The van der Waals surface area contributed by atoms with E-state index in [1.54, 1.807) is 42.5 Å². The number of anilines is 1. The smallest absolute Gasteiger partial charge is 0.263 e. The number of nitrogens with zero attached hydrogens (tertiary/aromatic N) is 4. The van der Waals surface area contributed by atoms with Crippen molar-refractivity contribution < 1.29 is 37.6 Å². The highest BCUT2D eigenvalue weighted by molar-refractivity contribution is 7.92. The van der Waals surface area contributed by atoms with Crippen LogP contribution in [0.15, 0.2) is 83.5 Å². The number of ketones is 1. The predicted molar refractivity (Wildman–Crippen MR) is 264 cm³/mol. The first-order valence-electron chi connectivity index (χ1n) is 24.6. The third kappa shape index (κ3) is 10.9. The number of carbonyl (C=O) groups excluding carboxylic acids is 1. The molecule has 3 N–H and O–H groups in total. The Labute approximate surface area is 404 Å². The molecule has 0 amide bonds. The second kappa shape index (κ2) is 21.0. The molecular weight excluding hydrogens is 879 g/mol. The Bertz CT molecular complexity index is 2510. The first-order chi connectivity index (χ1) is 32.3. The average molecular weight is 952 g/mol. The topological polar surface area (TPSA) is 183 Å². The van der Waals surface area contributed by atoms with Crippen LogP contribution in [-0.2, 0) is 20.2 Å². The summed E-state index contributed by atoms with van der Waals surface area (Å²) in [7, 11) is -2.66. The maximum atomic E-state index is 13.5. The monoisotopic (exact) mass is 952 g/mol. The quantitative estimate of drug-likeness (QED) is 0.103. The fraction of sp³-hybridized carbons (Fsp3) is 0.574. The van der Waals surface area contributed by atoms with Gasteiger partial charge in [-0.15, -0.1) is 0 Å². The minimum absolute atomic E-state index is 0.0169. The summed E-state index contributed by atoms with van der Waals surface area (Å²) in [4.78, 5) is 30.5. The highest BCUT2D eigenvalue weighted by atomic mass is 32.2. The number of ether oxygens (including phenoxy) is 3. The lowest BCUT2D eigenvalue weighted by atomic mass is 9.46. The molecule has 4 aromatic rings. The van der Waals surface area contributed by atoms with E-state index in [0.29, 0.717) is 28.8 Å². The summed E-state index contributed by atoms with van der Waals surface area (Å²) in [6.07, 6.45) is 16.6. The zero-order valence-electron chi connectivity index (χ0n) is 41.5. The fourth-order valence-corrected chi connectivity index (χ4v) is 12.9. The van der Waals surface area contributed by atoms with Crippen LogP contribution in [0, 0.1) is 46.3 Å². The number of rotatable bonds is 15. The number of nitrogens with one attached hydrogen (secondary N) is 1. The largest absolute Gasteiger partial charge is 0.493 e. The molecule has 0 radical (unpaired) electrons. The summed E-state index contributed by atoms with van der Waals surface area (Å²) in [5.41, 5.74) is 2.60. The predicted octanol–water partition coefficient (Wildman–Crippen LogP) is 10.8. The van der Waals surface area contributed by atoms with E-state index in [2.05, 4.69) is 59.3 Å². The normalized spacial score (nSPS) is 26.0. The number of hydrogen-bond acceptors (Lipinski definition) is 12. The molecule has 8 atom stereocenters. The second-order valence-corrected chi connectivity index (χ2v) is 23.1. The zero-order chi connectivity index (χ0) is 49.0. The van der Waals surface area contributed by atoms with Crippen molar-refractivity contribution in [1.82, 2.24) is 19.9 Å². The molecule has 0 aliphatic heterocycles. The van der Waals surface area contributed by atoms with Crippen LogP contribution in [0.1, 0.15) is 125 Å². The Kier molecular flexibility index (Phi) is 15.7. The van der Waals surface area contributed by atoms with Gasteiger partial charge in [0.15, 0.2) is 28.9 Å². The number of fused-ring (bicyclic) bond motifs is 5. The Morgan fingerprint density at radius 2 is 1.57 bits per heavy atom. The van der Waals surface area contributed by atoms with Gasteiger partial charge in [0.05, 0.1) is 24.7 Å². The molecule has 2 aromatic carbocycles. The molecule has 368 valence electrons. The molecule has 0 unspecified atom stereocenters. The van der Waals surface area contributed by atoms with Crippen molar-refractivity contribution >= 4 is 21.6 Å². The number of allylic oxidation sites excluding steroid dienone is 1. The number of para-hydroxylation sites is 2. The van der Waals surface area contributed by atoms with Gasteiger partial charge in [0, 0.05) is 18.3 Å². The number of benzene rings is 2. The molecule has 0 spiro atoms. The molecule has 68 heavy (non-hydrogen) atoms. The number of sulfonamides is 1. The van der Waals surface area contributed by atoms with Gasteiger partial charge in [0.1, 0.15) is 6.61 Å². The van der Waals surface area contributed by atoms with Crippen molar-refractivity contribution in [2.24, 2.45) is 46.3 Å². The van der Waals surface area contributed by atoms with E-state index in [1.807, 2.05) is 26.8 Å². The summed E-state index contributed by atoms with van der Waals surface area (Å²) in [5.74, 6) is 4.38. The van der Waals surface area contributed by atoms with Gasteiger partial charge >= 0.3 is 0 Å². The lowest BCUT2D eigenvalue weighted by molar-refractivity contribution is -0.135. The summed E-state index contributed by atoms with van der Waals surface area (Å²) in [5, 5.41) is 19.6. The molecule has 3 fully saturated rings. The van der Waals surface area contributed by atoms with Crippen molar-refractivity contribution in [1.29, 1.82) is 0 Å². The Balaban J connectivity index is 0.000000210. The second-order valence-electron chi connectivity index (χ2n) is 21.5. The standard InChI is InChI=1S/C27H29N5O6S.C27H44O2/c1-27(2,3)18-10-12-19(13-11-18)39(34,35)32-23-22(38-21-9-6-5-8-20(21)36-4)26(37-17-16-33)31-25(30-23)24-28-14-7-15-29-24;1-17(2)7-6-8-18(3)21-9-10-22-25-23(12-14-27(21,22)5)26(4)13-11-20(28)15-19(26)16-24(25)29/h5-15,33H,16-17H2,1-4H3,(H,30,31,32);16-18,20-23,25,28H,6-15H2,1-5H3/t;18-,20+,21-,22+,23+,25+,26+,27-/m.1/s1. The Hall–Kier alpha value is -4.92. The van der Waals surface area contributed by atoms with Crippen LogP contribution in [0.3, 0.4) is 0 Å². The Morgan fingerprint density at radius 1 is 0.868 bits per heavy atom. The van der Waals surface area contributed by atoms with E-state index in [0.717, 1.165) is 42.6 Å². The van der Waals surface area contributed by atoms with E-state index >= 15 is 0 Å². The third-order valence-electron chi connectivity index (χ3n) is 15.6. The van der Waals surface area contributed by atoms with Crippen LogP contribution in [0.5, 0.6) is 23.1 Å². The molecule has 4 aliphatic rings. The van der Waals surface area contributed by atoms with E-state index in [4.69, 9.17) is 14.2 Å². The lowest BCUT2D eigenvalue weighted by Gasteiger charge is -2.57. The SMILES string of the molecule is CC(C)CCC[C@@H](C)[C@H]1CC[C@H]2[C@@H]3C(=O)C=C4C[C@@H](O)CC[C@]4(C)[C@H]3CC[C@]12C.COc1ccccc1Oc1c(NS(=O)(=O)c2ccc(C(C)(C)C)cc2)nc(-c2ncccn2)nc1OCCO. The molecule has 8 rings (SSSR count). The van der Waals surface area contributed by atoms with Crippen LogP contribution in [0.25, 0.3) is 11.6 Å². The van der Waals surface area contributed by atoms with Crippen molar-refractivity contribution in [2.45, 2.75) is 136 Å². The number of aliphatic hydroxyl groups is 2. The molecule has 4 aliphatic carbocycles. The van der Waals surface area contributed by atoms with Gasteiger partial charge in [0.2, 0.25) is 11.6 Å². The van der Waals surface area contributed by atoms with Gasteiger partial charge in [-0.2, -0.15) is 4.98 Å². The van der Waals surface area contributed by atoms with Gasteiger partial charge in [-0.25, -0.2) is 23.4 Å². The van der Waals surface area contributed by atoms with Crippen molar-refractivity contribution in [3.05, 3.63) is 84.2 Å². The number of methoxy groups -OCH3 is 1. The summed E-state index contributed by atoms with van der Waals surface area (Å²) < 4.78 is 46.6. The number of carbonyl (C=O) groups is 1. The molecular formula is C54H73N5O8S. The number of aliphatic hydroxyl groups excluding tert-OH is 2. The zero-order valence-corrected chi connectivity index (χ0v) is 42.3. The summed E-state index contributed by atoms with van der Waals surface area (Å²) in [6, 6.07) is 15.0. The van der Waals surface area contributed by atoms with E-state index in [1.165, 1.54) is 82.2 Å². The maximum absolute atomic E-state index is 13.5. The van der Waals surface area contributed by atoms with Crippen LogP contribution >= 0.6 is 0 Å². The van der Waals surface area contributed by atoms with E-state index in [-0.39, 0.29) is 75.8 Å². The van der Waals surface area contributed by atoms with E-state index < -0.39 is 10.0 Å². The van der Waals surface area contributed by atoms with Gasteiger partial charge in [-0.05, 0) is 133 Å². The first kappa shape index (κ1) is 50.9. The van der Waals surface area contributed by atoms with Crippen LogP contribution < -0.4 is 18.9 Å². The molecule has 2 aromatic heterocycles. The minimum atomic E-state index is -4.14. The van der Waals surface area contributed by atoms with Gasteiger partial charge in [-0.1, -0.05) is 104 Å². The molecule has 13 nitrogen and oxygen atoms in total. The molecule has 0 bridgehead atoms. The fourth-order valence-electron chi connectivity index (χ4n) is 11.9. The van der Waals surface area contributed by atoms with Gasteiger partial charge < -0.3 is 24.4 Å². The third-order valence-corrected chi connectivity index (χ3v) is 16.9. The minimum Gasteiger partial charge on any atom is -0.493 e. The van der Waals surface area contributed by atoms with Gasteiger partial charge in [0.25, 0.3) is 15.9 Å². The molecule has 14 heteroatoms. The molecule has 0 saturated heterocycles. The molecule has 2 heterocycles. The lowest BCUT2D eigenvalue weighted by Crippen LogP contribution is -2.53. The maximum Gasteiger partial charge on any atom is 0.263 e. The summed E-state index contributed by atoms with van der Waals surface area (Å²) in [6.45, 7) is 17.8. The highest BCUT2D eigenvalue weighted by Crippen LogP contribution is 2.66. The van der Waals surface area contributed by atoms with Crippen LogP contribution in [0.2, 0.25) is 0 Å². The number of hydrogen-bond donors (Lipinski definition) is 3. The van der Waals surface area contributed by atoms with E-state index in [9.17, 15) is 23.4 Å². The van der Waals surface area contributed by atoms with Gasteiger partial charge in [-0.3, -0.25) is 9.52 Å². The molecule has 3 saturated carbocycles. The van der Waals surface area contributed by atoms with Crippen LogP contribution in [0.4, 0.5) is 5.82 Å². The summed E-state index contributed by atoms with van der Waals surface area (Å²) >= 11 is 0. The highest BCUT2D eigenvalue weighted by Gasteiger charge is 2.61.